The van der Waals surface area contributed by atoms with Crippen molar-refractivity contribution >= 4 is 15.9 Å². The van der Waals surface area contributed by atoms with Crippen LogP contribution in [0.15, 0.2) is 28.0 Å². The van der Waals surface area contributed by atoms with Crippen LogP contribution in [0.1, 0.15) is 18.9 Å². The Morgan fingerprint density at radius 2 is 2.12 bits per heavy atom. The number of nitrogens with one attached hydrogen (secondary N) is 1. The number of fused-ring (bicyclic) bond motifs is 1. The molecule has 1 aliphatic rings. The normalized spacial score (nSPS) is 18.6. The van der Waals surface area contributed by atoms with Crippen molar-refractivity contribution in [3.8, 4) is 0 Å². The molecule has 1 unspecified atom stereocenters. The summed E-state index contributed by atoms with van der Waals surface area (Å²) in [6, 6.07) is 3.82. The van der Waals surface area contributed by atoms with Crippen LogP contribution in [0.5, 0.6) is 0 Å². The Morgan fingerprint density at radius 1 is 1.41 bits per heavy atom. The van der Waals surface area contributed by atoms with Gasteiger partial charge in [0.2, 0.25) is 9.84 Å². The number of hydrogen-bond donors (Lipinski definition) is 1. The molecular formula is C12H14FNO2S. The third-order valence-corrected chi connectivity index (χ3v) is 4.85. The van der Waals surface area contributed by atoms with Crippen LogP contribution in [0, 0.1) is 5.82 Å². The summed E-state index contributed by atoms with van der Waals surface area (Å²) in [7, 11) is -1.64. The van der Waals surface area contributed by atoms with Gasteiger partial charge in [0.05, 0.1) is 9.80 Å². The lowest BCUT2D eigenvalue weighted by Gasteiger charge is -2.10. The molecule has 3 nitrogen and oxygen atoms in total. The van der Waals surface area contributed by atoms with Crippen LogP contribution in [0.25, 0.3) is 6.08 Å². The highest BCUT2D eigenvalue weighted by Crippen LogP contribution is 2.35. The zero-order valence-corrected chi connectivity index (χ0v) is 10.5. The summed E-state index contributed by atoms with van der Waals surface area (Å²) >= 11 is 0. The lowest BCUT2D eigenvalue weighted by Crippen LogP contribution is -2.22. The van der Waals surface area contributed by atoms with Crippen LogP contribution >= 0.6 is 0 Å². The summed E-state index contributed by atoms with van der Waals surface area (Å²) in [5.41, 5.74) is 0.448. The van der Waals surface area contributed by atoms with Crippen LogP contribution in [0.2, 0.25) is 0 Å². The highest BCUT2D eigenvalue weighted by Gasteiger charge is 2.30. The minimum absolute atomic E-state index is 0.0650. The summed E-state index contributed by atoms with van der Waals surface area (Å²) in [5.74, 6) is -0.418. The standard InChI is InChI=1S/C12H14FNO2S/c1-8(14-2)5-11-7-9-6-10(13)3-4-12(9)17(11,15)16/h3-4,6-8,14H,5H2,1-2H3. The fourth-order valence-electron chi connectivity index (χ4n) is 1.84. The predicted molar refractivity (Wildman–Crippen MR) is 64.7 cm³/mol. The molecule has 1 aromatic rings. The minimum atomic E-state index is -3.41. The van der Waals surface area contributed by atoms with E-state index < -0.39 is 15.7 Å². The van der Waals surface area contributed by atoms with E-state index in [1.54, 1.807) is 13.1 Å². The molecule has 0 aliphatic carbocycles. The maximum atomic E-state index is 13.0. The van der Waals surface area contributed by atoms with Gasteiger partial charge in [-0.05, 0) is 50.2 Å². The lowest BCUT2D eigenvalue weighted by atomic mass is 10.1. The van der Waals surface area contributed by atoms with Gasteiger partial charge in [-0.1, -0.05) is 0 Å². The fraction of sp³-hybridized carbons (Fsp3) is 0.333. The predicted octanol–water partition coefficient (Wildman–Crippen LogP) is 1.95. The van der Waals surface area contributed by atoms with E-state index >= 15 is 0 Å². The first kappa shape index (κ1) is 12.3. The Labute approximate surface area is 100 Å². The molecule has 2 rings (SSSR count). The smallest absolute Gasteiger partial charge is 0.203 e. The first-order valence-corrected chi connectivity index (χ1v) is 6.86. The largest absolute Gasteiger partial charge is 0.317 e. The van der Waals surface area contributed by atoms with Gasteiger partial charge in [0.15, 0.2) is 0 Å². The SMILES string of the molecule is CNC(C)CC1=Cc2cc(F)ccc2S1(=O)=O. The number of hydrogen-bond acceptors (Lipinski definition) is 3. The Morgan fingerprint density at radius 3 is 2.76 bits per heavy atom. The first-order valence-electron chi connectivity index (χ1n) is 5.37. The molecular weight excluding hydrogens is 241 g/mol. The van der Waals surface area contributed by atoms with Crippen LogP contribution in [-0.2, 0) is 9.84 Å². The van der Waals surface area contributed by atoms with Gasteiger partial charge in [0.25, 0.3) is 0 Å². The molecule has 0 spiro atoms. The van der Waals surface area contributed by atoms with Gasteiger partial charge in [-0.3, -0.25) is 0 Å². The summed E-state index contributed by atoms with van der Waals surface area (Å²) < 4.78 is 37.3. The van der Waals surface area contributed by atoms with E-state index in [2.05, 4.69) is 5.32 Å². The Kier molecular flexibility index (Phi) is 3.05. The van der Waals surface area contributed by atoms with Crippen LogP contribution < -0.4 is 5.32 Å². The van der Waals surface area contributed by atoms with Crippen molar-refractivity contribution in [1.29, 1.82) is 0 Å². The quantitative estimate of drug-likeness (QED) is 0.840. The average molecular weight is 255 g/mol. The Bertz CT molecular complexity index is 578. The van der Waals surface area contributed by atoms with E-state index in [-0.39, 0.29) is 10.9 Å². The number of sulfone groups is 1. The molecule has 92 valence electrons. The van der Waals surface area contributed by atoms with E-state index in [1.807, 2.05) is 6.92 Å². The van der Waals surface area contributed by atoms with Crippen molar-refractivity contribution in [2.75, 3.05) is 7.05 Å². The molecule has 0 fully saturated rings. The van der Waals surface area contributed by atoms with E-state index in [4.69, 9.17) is 0 Å². The number of rotatable bonds is 3. The molecule has 1 heterocycles. The number of halogens is 1. The molecule has 17 heavy (non-hydrogen) atoms. The summed E-state index contributed by atoms with van der Waals surface area (Å²) in [4.78, 5) is 0.553. The molecule has 0 aromatic heterocycles. The Balaban J connectivity index is 2.43. The Hall–Kier alpha value is -1.20. The number of benzene rings is 1. The molecule has 0 saturated heterocycles. The monoisotopic (exact) mass is 255 g/mol. The summed E-state index contributed by atoms with van der Waals surface area (Å²) in [6.45, 7) is 1.90. The molecule has 0 bridgehead atoms. The third kappa shape index (κ3) is 2.12. The van der Waals surface area contributed by atoms with Crippen LogP contribution in [0.3, 0.4) is 0 Å². The highest BCUT2D eigenvalue weighted by atomic mass is 32.2. The molecule has 0 amide bonds. The van der Waals surface area contributed by atoms with Crippen molar-refractivity contribution in [1.82, 2.24) is 5.32 Å². The topological polar surface area (TPSA) is 46.2 Å². The highest BCUT2D eigenvalue weighted by molar-refractivity contribution is 7.95. The lowest BCUT2D eigenvalue weighted by molar-refractivity contribution is 0.586. The van der Waals surface area contributed by atoms with Gasteiger partial charge < -0.3 is 5.32 Å². The second kappa shape index (κ2) is 4.23. The third-order valence-electron chi connectivity index (χ3n) is 2.92. The molecule has 5 heteroatoms. The molecule has 0 radical (unpaired) electrons. The van der Waals surface area contributed by atoms with Gasteiger partial charge in [-0.15, -0.1) is 0 Å². The molecule has 1 aromatic carbocycles. The maximum Gasteiger partial charge on any atom is 0.203 e. The van der Waals surface area contributed by atoms with Crippen LogP contribution in [0.4, 0.5) is 4.39 Å². The van der Waals surface area contributed by atoms with Gasteiger partial charge in [-0.25, -0.2) is 12.8 Å². The van der Waals surface area contributed by atoms with Crippen molar-refractivity contribution in [3.05, 3.63) is 34.5 Å². The van der Waals surface area contributed by atoms with Crippen molar-refractivity contribution in [2.24, 2.45) is 0 Å². The molecule has 1 atom stereocenters. The maximum absolute atomic E-state index is 13.0. The fourth-order valence-corrected chi connectivity index (χ4v) is 3.55. The van der Waals surface area contributed by atoms with E-state index in [0.29, 0.717) is 16.9 Å². The first-order chi connectivity index (χ1) is 7.95. The van der Waals surface area contributed by atoms with E-state index in [9.17, 15) is 12.8 Å². The van der Waals surface area contributed by atoms with Crippen LogP contribution in [-0.4, -0.2) is 21.5 Å². The second-order valence-electron chi connectivity index (χ2n) is 4.19. The van der Waals surface area contributed by atoms with E-state index in [1.165, 1.54) is 18.2 Å². The van der Waals surface area contributed by atoms with Gasteiger partial charge >= 0.3 is 0 Å². The van der Waals surface area contributed by atoms with Crippen molar-refractivity contribution in [3.63, 3.8) is 0 Å². The molecule has 0 saturated carbocycles. The zero-order chi connectivity index (χ0) is 12.6. The van der Waals surface area contributed by atoms with Crippen molar-refractivity contribution in [2.45, 2.75) is 24.3 Å². The molecule has 1 N–H and O–H groups in total. The zero-order valence-electron chi connectivity index (χ0n) is 9.70. The van der Waals surface area contributed by atoms with Gasteiger partial charge in [0, 0.05) is 6.04 Å². The van der Waals surface area contributed by atoms with Gasteiger partial charge in [-0.2, -0.15) is 0 Å². The van der Waals surface area contributed by atoms with Crippen molar-refractivity contribution < 1.29 is 12.8 Å². The molecule has 1 aliphatic heterocycles. The minimum Gasteiger partial charge on any atom is -0.317 e. The summed E-state index contributed by atoms with van der Waals surface area (Å²) in [6.07, 6.45) is 1.97. The average Bonchev–Trinajstić information content (AvgIpc) is 2.50. The summed E-state index contributed by atoms with van der Waals surface area (Å²) in [5, 5.41) is 2.99. The second-order valence-corrected chi connectivity index (χ2v) is 6.16. The van der Waals surface area contributed by atoms with E-state index in [0.717, 1.165) is 0 Å². The van der Waals surface area contributed by atoms with Gasteiger partial charge in [0.1, 0.15) is 5.82 Å².